The zero-order valence-corrected chi connectivity index (χ0v) is 15.3. The van der Waals surface area contributed by atoms with Gasteiger partial charge in [0, 0.05) is 17.5 Å². The van der Waals surface area contributed by atoms with Crippen molar-refractivity contribution in [3.63, 3.8) is 0 Å². The quantitative estimate of drug-likeness (QED) is 0.488. The monoisotopic (exact) mass is 376 g/mol. The summed E-state index contributed by atoms with van der Waals surface area (Å²) < 4.78 is 1.92. The highest BCUT2D eigenvalue weighted by Crippen LogP contribution is 2.20. The van der Waals surface area contributed by atoms with Gasteiger partial charge in [-0.05, 0) is 37.3 Å². The Kier molecular flexibility index (Phi) is 4.40. The lowest BCUT2D eigenvalue weighted by atomic mass is 10.0. The van der Waals surface area contributed by atoms with E-state index in [9.17, 15) is 9.90 Å². The van der Waals surface area contributed by atoms with Crippen molar-refractivity contribution in [2.75, 3.05) is 12.3 Å². The zero-order chi connectivity index (χ0) is 19.7. The van der Waals surface area contributed by atoms with Gasteiger partial charge in [0.25, 0.3) is 5.91 Å². The summed E-state index contributed by atoms with van der Waals surface area (Å²) in [5.74, 6) is 0.0594. The van der Waals surface area contributed by atoms with E-state index in [-0.39, 0.29) is 12.5 Å². The fraction of sp³-hybridized carbons (Fsp3) is 0.200. The first-order valence-electron chi connectivity index (χ1n) is 8.82. The third-order valence-corrected chi connectivity index (χ3v) is 4.74. The second-order valence-electron chi connectivity index (χ2n) is 7.02. The Balaban J connectivity index is 1.59. The molecule has 0 aliphatic heterocycles. The topological polar surface area (TPSA) is 119 Å². The summed E-state index contributed by atoms with van der Waals surface area (Å²) in [5, 5.41) is 13.6. The fourth-order valence-electron chi connectivity index (χ4n) is 3.21. The number of nitrogen functional groups attached to an aromatic ring is 1. The number of benzene rings is 2. The van der Waals surface area contributed by atoms with Crippen molar-refractivity contribution in [2.45, 2.75) is 19.0 Å². The number of hydrogen-bond donors (Lipinski definition) is 3. The minimum atomic E-state index is -0.875. The van der Waals surface area contributed by atoms with Crippen LogP contribution in [-0.4, -0.2) is 42.7 Å². The van der Waals surface area contributed by atoms with Gasteiger partial charge >= 0.3 is 0 Å². The summed E-state index contributed by atoms with van der Waals surface area (Å²) in [4.78, 5) is 25.3. The highest BCUT2D eigenvalue weighted by molar-refractivity contribution is 5.99. The number of aliphatic hydroxyl groups is 1. The van der Waals surface area contributed by atoms with Crippen molar-refractivity contribution in [1.82, 2.24) is 24.8 Å². The van der Waals surface area contributed by atoms with Gasteiger partial charge in [0.2, 0.25) is 0 Å². The summed E-state index contributed by atoms with van der Waals surface area (Å²) in [6, 6.07) is 12.8. The molecule has 0 fully saturated rings. The number of nitrogens with zero attached hydrogens (tertiary/aromatic N) is 4. The molecule has 142 valence electrons. The smallest absolute Gasteiger partial charge is 0.251 e. The van der Waals surface area contributed by atoms with E-state index in [1.807, 2.05) is 28.8 Å². The maximum Gasteiger partial charge on any atom is 0.251 e. The summed E-state index contributed by atoms with van der Waals surface area (Å²) >= 11 is 0. The number of rotatable bonds is 5. The minimum absolute atomic E-state index is 0.228. The van der Waals surface area contributed by atoms with Gasteiger partial charge in [-0.3, -0.25) is 4.79 Å². The molecule has 1 amide bonds. The van der Waals surface area contributed by atoms with Crippen molar-refractivity contribution in [3.8, 4) is 0 Å². The molecule has 2 aromatic carbocycles. The number of aliphatic hydroxyl groups excluding tert-OH is 1. The summed E-state index contributed by atoms with van der Waals surface area (Å²) in [7, 11) is 0. The highest BCUT2D eigenvalue weighted by atomic mass is 16.3. The predicted octanol–water partition coefficient (Wildman–Crippen LogP) is 1.74. The number of carbonyl (C=O) groups excluding carboxylic acids is 1. The summed E-state index contributed by atoms with van der Waals surface area (Å²) in [6.07, 6.45) is 3.07. The number of fused-ring (bicyclic) bond motifs is 2. The SMILES string of the molecule is CC(CO)(Cn1cnc2ccccc21)NC(=O)c1ccc2c(N)ncnc2c1. The van der Waals surface area contributed by atoms with Crippen LogP contribution in [0.3, 0.4) is 0 Å². The van der Waals surface area contributed by atoms with Gasteiger partial charge in [0.1, 0.15) is 12.1 Å². The standard InChI is InChI=1S/C20H20N6O2/c1-20(10-27,9-26-12-24-15-4-2-3-5-17(15)26)25-19(28)13-6-7-14-16(8-13)22-11-23-18(14)21/h2-8,11-12,27H,9-10H2,1H3,(H,25,28)(H2,21,22,23). The number of para-hydroxylation sites is 2. The maximum absolute atomic E-state index is 12.8. The van der Waals surface area contributed by atoms with Crippen molar-refractivity contribution in [3.05, 3.63) is 60.7 Å². The summed E-state index contributed by atoms with van der Waals surface area (Å²) in [6.45, 7) is 1.94. The first kappa shape index (κ1) is 17.9. The molecule has 28 heavy (non-hydrogen) atoms. The van der Waals surface area contributed by atoms with Gasteiger partial charge in [-0.2, -0.15) is 0 Å². The Morgan fingerprint density at radius 1 is 1.18 bits per heavy atom. The van der Waals surface area contributed by atoms with Crippen LogP contribution in [0.1, 0.15) is 17.3 Å². The third-order valence-electron chi connectivity index (χ3n) is 4.74. The first-order valence-corrected chi connectivity index (χ1v) is 8.82. The normalized spacial score (nSPS) is 13.5. The van der Waals surface area contributed by atoms with E-state index >= 15 is 0 Å². The van der Waals surface area contributed by atoms with E-state index < -0.39 is 5.54 Å². The predicted molar refractivity (Wildman–Crippen MR) is 107 cm³/mol. The van der Waals surface area contributed by atoms with E-state index in [0.29, 0.717) is 28.8 Å². The molecule has 0 aliphatic rings. The Morgan fingerprint density at radius 3 is 2.82 bits per heavy atom. The van der Waals surface area contributed by atoms with Crippen molar-refractivity contribution in [1.29, 1.82) is 0 Å². The van der Waals surface area contributed by atoms with Gasteiger partial charge in [0.15, 0.2) is 0 Å². The molecule has 4 N–H and O–H groups in total. The van der Waals surface area contributed by atoms with Crippen molar-refractivity contribution in [2.24, 2.45) is 0 Å². The van der Waals surface area contributed by atoms with E-state index in [2.05, 4.69) is 20.3 Å². The van der Waals surface area contributed by atoms with E-state index in [4.69, 9.17) is 5.73 Å². The number of amides is 1. The van der Waals surface area contributed by atoms with E-state index in [1.165, 1.54) is 6.33 Å². The van der Waals surface area contributed by atoms with Crippen LogP contribution in [0.4, 0.5) is 5.82 Å². The number of carbonyl (C=O) groups is 1. The van der Waals surface area contributed by atoms with Gasteiger partial charge in [-0.15, -0.1) is 0 Å². The molecule has 4 aromatic rings. The Morgan fingerprint density at radius 2 is 2.00 bits per heavy atom. The Labute approximate surface area is 161 Å². The number of aromatic nitrogens is 4. The number of imidazole rings is 1. The molecule has 0 aliphatic carbocycles. The van der Waals surface area contributed by atoms with Gasteiger partial charge < -0.3 is 20.7 Å². The van der Waals surface area contributed by atoms with Gasteiger partial charge in [-0.1, -0.05) is 12.1 Å². The number of anilines is 1. The lowest BCUT2D eigenvalue weighted by Gasteiger charge is -2.29. The van der Waals surface area contributed by atoms with Crippen LogP contribution in [-0.2, 0) is 6.54 Å². The lowest BCUT2D eigenvalue weighted by Crippen LogP contribution is -2.51. The van der Waals surface area contributed by atoms with Crippen LogP contribution >= 0.6 is 0 Å². The minimum Gasteiger partial charge on any atom is -0.394 e. The average molecular weight is 376 g/mol. The van der Waals surface area contributed by atoms with Crippen LogP contribution < -0.4 is 11.1 Å². The van der Waals surface area contributed by atoms with E-state index in [0.717, 1.165) is 11.0 Å². The maximum atomic E-state index is 12.8. The molecule has 4 rings (SSSR count). The fourth-order valence-corrected chi connectivity index (χ4v) is 3.21. The molecule has 8 nitrogen and oxygen atoms in total. The van der Waals surface area contributed by atoms with Crippen LogP contribution in [0, 0.1) is 0 Å². The third kappa shape index (κ3) is 3.25. The van der Waals surface area contributed by atoms with Crippen LogP contribution in [0.2, 0.25) is 0 Å². The average Bonchev–Trinajstić information content (AvgIpc) is 3.10. The molecule has 1 unspecified atom stereocenters. The lowest BCUT2D eigenvalue weighted by molar-refractivity contribution is 0.0832. The second-order valence-corrected chi connectivity index (χ2v) is 7.02. The number of hydrogen-bond acceptors (Lipinski definition) is 6. The molecule has 0 radical (unpaired) electrons. The Hall–Kier alpha value is -3.52. The zero-order valence-electron chi connectivity index (χ0n) is 15.3. The molecule has 0 saturated carbocycles. The van der Waals surface area contributed by atoms with Crippen LogP contribution in [0.15, 0.2) is 55.1 Å². The highest BCUT2D eigenvalue weighted by Gasteiger charge is 2.27. The van der Waals surface area contributed by atoms with Gasteiger partial charge in [0.05, 0.1) is 35.0 Å². The van der Waals surface area contributed by atoms with Crippen LogP contribution in [0.5, 0.6) is 0 Å². The second kappa shape index (κ2) is 6.90. The molecule has 0 bridgehead atoms. The largest absolute Gasteiger partial charge is 0.394 e. The number of nitrogens with one attached hydrogen (secondary N) is 1. The molecule has 2 heterocycles. The van der Waals surface area contributed by atoms with Crippen molar-refractivity contribution < 1.29 is 9.90 Å². The first-order chi connectivity index (χ1) is 13.5. The van der Waals surface area contributed by atoms with E-state index in [1.54, 1.807) is 31.5 Å². The summed E-state index contributed by atoms with van der Waals surface area (Å²) in [5.41, 5.74) is 7.78. The molecular weight excluding hydrogens is 356 g/mol. The molecule has 2 aromatic heterocycles. The van der Waals surface area contributed by atoms with Gasteiger partial charge in [-0.25, -0.2) is 15.0 Å². The van der Waals surface area contributed by atoms with Crippen LogP contribution in [0.25, 0.3) is 21.9 Å². The molecule has 0 saturated heterocycles. The Bertz CT molecular complexity index is 1170. The number of nitrogens with two attached hydrogens (primary N) is 1. The van der Waals surface area contributed by atoms with Crippen molar-refractivity contribution >= 4 is 33.7 Å². The molecule has 1 atom stereocenters. The molecule has 8 heteroatoms. The molecular formula is C20H20N6O2. The molecule has 0 spiro atoms.